The van der Waals surface area contributed by atoms with Gasteiger partial charge in [0.25, 0.3) is 0 Å². The normalized spacial score (nSPS) is 23.6. The van der Waals surface area contributed by atoms with Crippen LogP contribution in [0.1, 0.15) is 32.6 Å². The van der Waals surface area contributed by atoms with Crippen molar-refractivity contribution in [2.45, 2.75) is 43.9 Å². The number of sulfonamides is 1. The third-order valence-corrected chi connectivity index (χ3v) is 6.17. The van der Waals surface area contributed by atoms with Crippen LogP contribution < -0.4 is 0 Å². The molecule has 0 bridgehead atoms. The maximum atomic E-state index is 12.0. The largest absolute Gasteiger partial charge is 0.343 e. The molecule has 6 heteroatoms. The Labute approximate surface area is 103 Å². The molecular weight excluding hydrogens is 240 g/mol. The molecule has 0 atom stereocenters. The van der Waals surface area contributed by atoms with E-state index in [1.807, 2.05) is 0 Å². The number of hydrogen-bond acceptors (Lipinski definition) is 3. The molecular formula is C11H20N2O3S. The SMILES string of the molecule is CC(=O)N(C)C1CCN(S(=O)(=O)C2CC2)CC1. The van der Waals surface area contributed by atoms with Gasteiger partial charge in [-0.25, -0.2) is 12.7 Å². The van der Waals surface area contributed by atoms with Gasteiger partial charge in [0.05, 0.1) is 5.25 Å². The topological polar surface area (TPSA) is 57.7 Å². The minimum absolute atomic E-state index is 0.0495. The van der Waals surface area contributed by atoms with Gasteiger partial charge < -0.3 is 4.90 Å². The first-order valence-corrected chi connectivity index (χ1v) is 7.65. The fourth-order valence-corrected chi connectivity index (χ4v) is 4.19. The maximum Gasteiger partial charge on any atom is 0.219 e. The number of amides is 1. The van der Waals surface area contributed by atoms with E-state index >= 15 is 0 Å². The highest BCUT2D eigenvalue weighted by molar-refractivity contribution is 7.90. The third kappa shape index (κ3) is 2.63. The summed E-state index contributed by atoms with van der Waals surface area (Å²) < 4.78 is 25.6. The van der Waals surface area contributed by atoms with E-state index in [1.165, 1.54) is 0 Å². The van der Waals surface area contributed by atoms with Crippen LogP contribution in [-0.4, -0.2) is 55.0 Å². The van der Waals surface area contributed by atoms with Crippen molar-refractivity contribution in [2.75, 3.05) is 20.1 Å². The summed E-state index contributed by atoms with van der Waals surface area (Å²) in [7, 11) is -1.24. The average Bonchev–Trinajstić information content (AvgIpc) is 3.12. The van der Waals surface area contributed by atoms with Gasteiger partial charge in [0, 0.05) is 33.1 Å². The van der Waals surface area contributed by atoms with E-state index in [1.54, 1.807) is 23.2 Å². The molecule has 0 unspecified atom stereocenters. The summed E-state index contributed by atoms with van der Waals surface area (Å²) in [5, 5.41) is -0.121. The maximum absolute atomic E-state index is 12.0. The molecule has 0 aromatic heterocycles. The van der Waals surface area contributed by atoms with Gasteiger partial charge in [0.2, 0.25) is 15.9 Å². The van der Waals surface area contributed by atoms with Gasteiger partial charge in [-0.05, 0) is 25.7 Å². The van der Waals surface area contributed by atoms with Crippen LogP contribution in [0, 0.1) is 0 Å². The van der Waals surface area contributed by atoms with E-state index in [-0.39, 0.29) is 17.2 Å². The molecule has 0 aromatic rings. The van der Waals surface area contributed by atoms with Crippen LogP contribution in [0.3, 0.4) is 0 Å². The van der Waals surface area contributed by atoms with Crippen LogP contribution >= 0.6 is 0 Å². The van der Waals surface area contributed by atoms with Crippen molar-refractivity contribution in [1.29, 1.82) is 0 Å². The van der Waals surface area contributed by atoms with Crippen molar-refractivity contribution in [3.8, 4) is 0 Å². The summed E-state index contributed by atoms with van der Waals surface area (Å²) in [6, 6.07) is 0.193. The Bertz CT molecular complexity index is 395. The standard InChI is InChI=1S/C11H20N2O3S/c1-9(14)12(2)10-5-7-13(8-6-10)17(15,16)11-3-4-11/h10-11H,3-8H2,1-2H3. The molecule has 17 heavy (non-hydrogen) atoms. The molecule has 1 heterocycles. The van der Waals surface area contributed by atoms with Crippen molar-refractivity contribution < 1.29 is 13.2 Å². The van der Waals surface area contributed by atoms with Gasteiger partial charge in [0.1, 0.15) is 0 Å². The highest BCUT2D eigenvalue weighted by Gasteiger charge is 2.41. The quantitative estimate of drug-likeness (QED) is 0.739. The summed E-state index contributed by atoms with van der Waals surface area (Å²) in [6.45, 7) is 2.66. The van der Waals surface area contributed by atoms with Crippen molar-refractivity contribution in [3.63, 3.8) is 0 Å². The Morgan fingerprint density at radius 1 is 1.18 bits per heavy atom. The molecule has 1 saturated carbocycles. The van der Waals surface area contributed by atoms with E-state index in [9.17, 15) is 13.2 Å². The van der Waals surface area contributed by atoms with Crippen LogP contribution in [0.2, 0.25) is 0 Å². The number of hydrogen-bond donors (Lipinski definition) is 0. The summed E-state index contributed by atoms with van der Waals surface area (Å²) in [5.74, 6) is 0.0495. The number of piperidine rings is 1. The lowest BCUT2D eigenvalue weighted by molar-refractivity contribution is -0.130. The van der Waals surface area contributed by atoms with Gasteiger partial charge in [-0.2, -0.15) is 0 Å². The molecule has 1 aliphatic carbocycles. The lowest BCUT2D eigenvalue weighted by Crippen LogP contribution is -2.47. The zero-order chi connectivity index (χ0) is 12.6. The second-order valence-corrected chi connectivity index (χ2v) is 7.22. The van der Waals surface area contributed by atoms with E-state index in [2.05, 4.69) is 0 Å². The lowest BCUT2D eigenvalue weighted by atomic mass is 10.1. The van der Waals surface area contributed by atoms with Crippen molar-refractivity contribution in [2.24, 2.45) is 0 Å². The molecule has 0 N–H and O–H groups in total. The second kappa shape index (κ2) is 4.57. The molecule has 1 amide bonds. The zero-order valence-corrected chi connectivity index (χ0v) is 11.2. The summed E-state index contributed by atoms with van der Waals surface area (Å²) in [4.78, 5) is 13.0. The summed E-state index contributed by atoms with van der Waals surface area (Å²) in [6.07, 6.45) is 3.13. The van der Waals surface area contributed by atoms with Crippen LogP contribution in [0.25, 0.3) is 0 Å². The zero-order valence-electron chi connectivity index (χ0n) is 10.4. The first-order valence-electron chi connectivity index (χ1n) is 6.15. The van der Waals surface area contributed by atoms with Gasteiger partial charge in [-0.3, -0.25) is 4.79 Å². The molecule has 0 spiro atoms. The molecule has 1 saturated heterocycles. The van der Waals surface area contributed by atoms with E-state index in [0.717, 1.165) is 25.7 Å². The molecule has 1 aliphatic heterocycles. The minimum atomic E-state index is -3.03. The fraction of sp³-hybridized carbons (Fsp3) is 0.909. The Balaban J connectivity index is 1.92. The van der Waals surface area contributed by atoms with Crippen molar-refractivity contribution in [3.05, 3.63) is 0 Å². The van der Waals surface area contributed by atoms with Gasteiger partial charge in [-0.1, -0.05) is 0 Å². The highest BCUT2D eigenvalue weighted by Crippen LogP contribution is 2.32. The predicted molar refractivity (Wildman–Crippen MR) is 65.0 cm³/mol. The molecule has 0 aromatic carbocycles. The number of carbonyl (C=O) groups excluding carboxylic acids is 1. The molecule has 98 valence electrons. The van der Waals surface area contributed by atoms with Gasteiger partial charge in [0.15, 0.2) is 0 Å². The fourth-order valence-electron chi connectivity index (χ4n) is 2.32. The smallest absolute Gasteiger partial charge is 0.219 e. The van der Waals surface area contributed by atoms with Crippen molar-refractivity contribution in [1.82, 2.24) is 9.21 Å². The van der Waals surface area contributed by atoms with Crippen LogP contribution in [0.4, 0.5) is 0 Å². The Hall–Kier alpha value is -0.620. The van der Waals surface area contributed by atoms with Crippen LogP contribution in [0.15, 0.2) is 0 Å². The van der Waals surface area contributed by atoms with E-state index < -0.39 is 10.0 Å². The monoisotopic (exact) mass is 260 g/mol. The van der Waals surface area contributed by atoms with Gasteiger partial charge in [-0.15, -0.1) is 0 Å². The van der Waals surface area contributed by atoms with Crippen LogP contribution in [0.5, 0.6) is 0 Å². The molecule has 2 aliphatic rings. The second-order valence-electron chi connectivity index (χ2n) is 5.00. The molecule has 0 radical (unpaired) electrons. The van der Waals surface area contributed by atoms with E-state index in [0.29, 0.717) is 13.1 Å². The first kappa shape index (κ1) is 12.8. The van der Waals surface area contributed by atoms with E-state index in [4.69, 9.17) is 0 Å². The first-order chi connectivity index (χ1) is 7.93. The Morgan fingerprint density at radius 3 is 2.12 bits per heavy atom. The Morgan fingerprint density at radius 2 is 1.71 bits per heavy atom. The average molecular weight is 260 g/mol. The van der Waals surface area contributed by atoms with Crippen molar-refractivity contribution >= 4 is 15.9 Å². The Kier molecular flexibility index (Phi) is 3.45. The summed E-state index contributed by atoms with van der Waals surface area (Å²) >= 11 is 0. The molecule has 2 rings (SSSR count). The lowest BCUT2D eigenvalue weighted by Gasteiger charge is -2.35. The third-order valence-electron chi connectivity index (χ3n) is 3.77. The minimum Gasteiger partial charge on any atom is -0.343 e. The van der Waals surface area contributed by atoms with Gasteiger partial charge >= 0.3 is 0 Å². The van der Waals surface area contributed by atoms with Crippen LogP contribution in [-0.2, 0) is 14.8 Å². The number of nitrogens with zero attached hydrogens (tertiary/aromatic N) is 2. The predicted octanol–water partition coefficient (Wildman–Crippen LogP) is 0.421. The number of rotatable bonds is 3. The molecule has 5 nitrogen and oxygen atoms in total. The summed E-state index contributed by atoms with van der Waals surface area (Å²) in [5.41, 5.74) is 0. The highest BCUT2D eigenvalue weighted by atomic mass is 32.2. The number of carbonyl (C=O) groups is 1. The molecule has 2 fully saturated rings.